The molecule has 0 saturated heterocycles. The van der Waals surface area contributed by atoms with Gasteiger partial charge in [0.15, 0.2) is 0 Å². The molecule has 3 amide bonds. The Morgan fingerprint density at radius 1 is 1.23 bits per heavy atom. The lowest BCUT2D eigenvalue weighted by atomic mass is 10.0. The summed E-state index contributed by atoms with van der Waals surface area (Å²) in [5, 5.41) is 2.90. The van der Waals surface area contributed by atoms with Gasteiger partial charge in [0.2, 0.25) is 5.91 Å². The Labute approximate surface area is 179 Å². The van der Waals surface area contributed by atoms with Crippen molar-refractivity contribution in [1.82, 2.24) is 14.4 Å². The van der Waals surface area contributed by atoms with Crippen molar-refractivity contribution in [3.63, 3.8) is 0 Å². The molecule has 0 aliphatic heterocycles. The van der Waals surface area contributed by atoms with Gasteiger partial charge in [0.25, 0.3) is 0 Å². The largest absolute Gasteiger partial charge is 0.353 e. The second kappa shape index (κ2) is 9.65. The van der Waals surface area contributed by atoms with Crippen molar-refractivity contribution >= 4 is 17.6 Å². The van der Waals surface area contributed by atoms with Gasteiger partial charge in [0.1, 0.15) is 6.54 Å². The molecule has 0 unspecified atom stereocenters. The maximum absolute atomic E-state index is 13.1. The fraction of sp³-hybridized carbons (Fsp3) is 0.417. The number of carbonyl (C=O) groups is 2. The van der Waals surface area contributed by atoms with E-state index in [0.717, 1.165) is 18.5 Å². The summed E-state index contributed by atoms with van der Waals surface area (Å²) in [5.74, 6) is 0.396. The molecule has 2 aromatic rings. The average Bonchev–Trinajstić information content (AvgIpc) is 3.48. The lowest BCUT2D eigenvalue weighted by Crippen LogP contribution is -2.45. The minimum atomic E-state index is -0.296. The summed E-state index contributed by atoms with van der Waals surface area (Å²) >= 11 is 0. The van der Waals surface area contributed by atoms with E-state index < -0.39 is 0 Å². The molecule has 1 heterocycles. The summed E-state index contributed by atoms with van der Waals surface area (Å²) in [6.45, 7) is 8.91. The molecule has 1 N–H and O–H groups in total. The van der Waals surface area contributed by atoms with Crippen molar-refractivity contribution in [2.24, 2.45) is 7.05 Å². The molecule has 1 saturated carbocycles. The zero-order chi connectivity index (χ0) is 21.7. The summed E-state index contributed by atoms with van der Waals surface area (Å²) in [4.78, 5) is 29.3. The van der Waals surface area contributed by atoms with Crippen LogP contribution in [0.15, 0.2) is 55.3 Å². The van der Waals surface area contributed by atoms with E-state index in [1.165, 1.54) is 10.5 Å². The Bertz CT molecular complexity index is 881. The van der Waals surface area contributed by atoms with E-state index in [9.17, 15) is 9.59 Å². The van der Waals surface area contributed by atoms with Gasteiger partial charge < -0.3 is 19.7 Å². The van der Waals surface area contributed by atoms with Crippen molar-refractivity contribution in [3.8, 4) is 0 Å². The van der Waals surface area contributed by atoms with Crippen LogP contribution in [0.1, 0.15) is 43.9 Å². The molecule has 0 atom stereocenters. The molecule has 1 aromatic carbocycles. The molecule has 0 bridgehead atoms. The van der Waals surface area contributed by atoms with Gasteiger partial charge in [0.05, 0.1) is 6.54 Å². The number of carbonyl (C=O) groups excluding carboxylic acids is 2. The van der Waals surface area contributed by atoms with Gasteiger partial charge in [-0.2, -0.15) is 0 Å². The maximum atomic E-state index is 13.1. The van der Waals surface area contributed by atoms with Crippen LogP contribution in [0.5, 0.6) is 0 Å². The Kier molecular flexibility index (Phi) is 6.98. The molecule has 6 nitrogen and oxygen atoms in total. The highest BCUT2D eigenvalue weighted by Gasteiger charge is 2.34. The quantitative estimate of drug-likeness (QED) is 0.627. The third-order valence-electron chi connectivity index (χ3n) is 5.48. The predicted octanol–water partition coefficient (Wildman–Crippen LogP) is 4.36. The van der Waals surface area contributed by atoms with Crippen LogP contribution < -0.4 is 5.32 Å². The Morgan fingerprint density at radius 3 is 2.47 bits per heavy atom. The topological polar surface area (TPSA) is 57.6 Å². The highest BCUT2D eigenvalue weighted by molar-refractivity contribution is 5.92. The molecule has 1 fully saturated rings. The van der Waals surface area contributed by atoms with Crippen LogP contribution in [0.4, 0.5) is 10.5 Å². The minimum Gasteiger partial charge on any atom is -0.353 e. The Balaban J connectivity index is 1.65. The number of rotatable bonds is 9. The monoisotopic (exact) mass is 408 g/mol. The zero-order valence-electron chi connectivity index (χ0n) is 18.2. The molecular formula is C24H32N4O2. The number of urea groups is 1. The fourth-order valence-corrected chi connectivity index (χ4v) is 3.43. The summed E-state index contributed by atoms with van der Waals surface area (Å²) in [5.41, 5.74) is 3.01. The van der Waals surface area contributed by atoms with E-state index in [4.69, 9.17) is 0 Å². The van der Waals surface area contributed by atoms with Crippen molar-refractivity contribution in [3.05, 3.63) is 66.5 Å². The van der Waals surface area contributed by atoms with Crippen LogP contribution in [0, 0.1) is 0 Å². The molecule has 30 heavy (non-hydrogen) atoms. The first-order valence-electron chi connectivity index (χ1n) is 10.6. The number of anilines is 1. The Hall–Kier alpha value is -3.02. The first-order chi connectivity index (χ1) is 14.4. The molecule has 160 valence electrons. The second-order valence-corrected chi connectivity index (χ2v) is 8.24. The highest BCUT2D eigenvalue weighted by Crippen LogP contribution is 2.28. The van der Waals surface area contributed by atoms with E-state index >= 15 is 0 Å². The molecule has 6 heteroatoms. The number of aryl methyl sites for hydroxylation is 1. The molecule has 0 spiro atoms. The fourth-order valence-electron chi connectivity index (χ4n) is 3.43. The van der Waals surface area contributed by atoms with E-state index in [0.29, 0.717) is 24.7 Å². The molecule has 1 aromatic heterocycles. The zero-order valence-corrected chi connectivity index (χ0v) is 18.2. The number of benzene rings is 1. The second-order valence-electron chi connectivity index (χ2n) is 8.24. The van der Waals surface area contributed by atoms with Crippen LogP contribution in [-0.4, -0.2) is 45.4 Å². The van der Waals surface area contributed by atoms with E-state index in [-0.39, 0.29) is 24.5 Å². The summed E-state index contributed by atoms with van der Waals surface area (Å²) < 4.78 is 2.03. The number of hydrogen-bond acceptors (Lipinski definition) is 2. The third-order valence-corrected chi connectivity index (χ3v) is 5.48. The van der Waals surface area contributed by atoms with Crippen LogP contribution in [0.2, 0.25) is 0 Å². The van der Waals surface area contributed by atoms with Crippen molar-refractivity contribution in [2.75, 3.05) is 18.4 Å². The maximum Gasteiger partial charge on any atom is 0.322 e. The number of hydrogen-bond donors (Lipinski definition) is 1. The van der Waals surface area contributed by atoms with Crippen molar-refractivity contribution < 1.29 is 9.59 Å². The summed E-state index contributed by atoms with van der Waals surface area (Å²) in [6.07, 6.45) is 5.67. The lowest BCUT2D eigenvalue weighted by Gasteiger charge is -2.27. The van der Waals surface area contributed by atoms with Crippen LogP contribution in [-0.2, 0) is 18.4 Å². The van der Waals surface area contributed by atoms with Crippen LogP contribution >= 0.6 is 0 Å². The van der Waals surface area contributed by atoms with Gasteiger partial charge in [-0.05, 0) is 48.6 Å². The average molecular weight is 409 g/mol. The Morgan fingerprint density at radius 2 is 1.93 bits per heavy atom. The SMILES string of the molecule is C=CCN(CC(=O)N(Cc1cccn1C)C1CC1)C(=O)Nc1ccc(C(C)C)cc1. The van der Waals surface area contributed by atoms with Crippen molar-refractivity contribution in [1.29, 1.82) is 0 Å². The number of amides is 3. The van der Waals surface area contributed by atoms with Crippen LogP contribution in [0.25, 0.3) is 0 Å². The first kappa shape index (κ1) is 21.7. The first-order valence-corrected chi connectivity index (χ1v) is 10.6. The minimum absolute atomic E-state index is 0.0306. The van der Waals surface area contributed by atoms with Gasteiger partial charge in [-0.1, -0.05) is 32.1 Å². The van der Waals surface area contributed by atoms with E-state index in [2.05, 4.69) is 25.7 Å². The highest BCUT2D eigenvalue weighted by atomic mass is 16.2. The molecule has 1 aliphatic carbocycles. The van der Waals surface area contributed by atoms with Gasteiger partial charge in [-0.25, -0.2) is 4.79 Å². The van der Waals surface area contributed by atoms with Gasteiger partial charge in [0, 0.05) is 37.2 Å². The molecule has 0 radical (unpaired) electrons. The standard InChI is InChI=1S/C24H32N4O2/c1-5-14-27(24(30)25-20-10-8-19(9-11-20)18(2)3)17-23(29)28(21-12-13-21)16-22-7-6-15-26(22)4/h5-11,15,18,21H,1,12-14,16-17H2,2-4H3,(H,25,30). The molecule has 3 rings (SSSR count). The third kappa shape index (κ3) is 5.53. The molecule has 1 aliphatic rings. The van der Waals surface area contributed by atoms with Crippen molar-refractivity contribution in [2.45, 2.75) is 45.2 Å². The number of nitrogens with zero attached hydrogens (tertiary/aromatic N) is 3. The normalized spacial score (nSPS) is 13.2. The summed E-state index contributed by atoms with van der Waals surface area (Å²) in [6, 6.07) is 11.8. The number of aromatic nitrogens is 1. The van der Waals surface area contributed by atoms with Gasteiger partial charge >= 0.3 is 6.03 Å². The molecular weight excluding hydrogens is 376 g/mol. The van der Waals surface area contributed by atoms with Gasteiger partial charge in [-0.3, -0.25) is 4.79 Å². The van der Waals surface area contributed by atoms with E-state index in [1.54, 1.807) is 6.08 Å². The smallest absolute Gasteiger partial charge is 0.322 e. The van der Waals surface area contributed by atoms with Crippen LogP contribution in [0.3, 0.4) is 0 Å². The van der Waals surface area contributed by atoms with Gasteiger partial charge in [-0.15, -0.1) is 6.58 Å². The summed E-state index contributed by atoms with van der Waals surface area (Å²) in [7, 11) is 1.98. The van der Waals surface area contributed by atoms with E-state index in [1.807, 2.05) is 59.1 Å². The predicted molar refractivity (Wildman–Crippen MR) is 120 cm³/mol. The lowest BCUT2D eigenvalue weighted by molar-refractivity contribution is -0.133. The number of nitrogens with one attached hydrogen (secondary N) is 1.